The van der Waals surface area contributed by atoms with Crippen LogP contribution in [0.25, 0.3) is 21.8 Å². The molecular formula is C13H7Br2N3O2. The van der Waals surface area contributed by atoms with Gasteiger partial charge in [-0.2, -0.15) is 0 Å². The summed E-state index contributed by atoms with van der Waals surface area (Å²) in [5, 5.41) is 12.4. The molecule has 0 radical (unpaired) electrons. The average molecular weight is 397 g/mol. The lowest BCUT2D eigenvalue weighted by Crippen LogP contribution is -1.95. The lowest BCUT2D eigenvalue weighted by Gasteiger charge is -2.06. The molecule has 7 heteroatoms. The quantitative estimate of drug-likeness (QED) is 0.277. The van der Waals surface area contributed by atoms with Gasteiger partial charge in [0.05, 0.1) is 21.5 Å². The summed E-state index contributed by atoms with van der Waals surface area (Å²) in [7, 11) is 0. The summed E-state index contributed by atoms with van der Waals surface area (Å²) in [6.45, 7) is 0. The molecule has 1 aromatic carbocycles. The molecule has 0 N–H and O–H groups in total. The maximum atomic E-state index is 11.2. The van der Waals surface area contributed by atoms with E-state index in [9.17, 15) is 10.1 Å². The lowest BCUT2D eigenvalue weighted by atomic mass is 10.1. The van der Waals surface area contributed by atoms with Crippen molar-refractivity contribution in [2.45, 2.75) is 3.74 Å². The van der Waals surface area contributed by atoms with E-state index in [-0.39, 0.29) is 9.42 Å². The van der Waals surface area contributed by atoms with E-state index in [1.165, 1.54) is 6.07 Å². The third kappa shape index (κ3) is 2.16. The summed E-state index contributed by atoms with van der Waals surface area (Å²) >= 11 is 6.79. The number of fused-ring (bicyclic) bond motifs is 3. The van der Waals surface area contributed by atoms with E-state index in [4.69, 9.17) is 0 Å². The van der Waals surface area contributed by atoms with Gasteiger partial charge in [-0.1, -0.05) is 37.9 Å². The van der Waals surface area contributed by atoms with Crippen molar-refractivity contribution in [3.05, 3.63) is 52.3 Å². The van der Waals surface area contributed by atoms with Gasteiger partial charge < -0.3 is 0 Å². The molecule has 0 unspecified atom stereocenters. The maximum Gasteiger partial charge on any atom is 0.279 e. The molecule has 0 aliphatic carbocycles. The van der Waals surface area contributed by atoms with Crippen molar-refractivity contribution in [3.63, 3.8) is 0 Å². The monoisotopic (exact) mass is 395 g/mol. The first kappa shape index (κ1) is 13.4. The van der Waals surface area contributed by atoms with Crippen molar-refractivity contribution in [2.75, 3.05) is 0 Å². The van der Waals surface area contributed by atoms with E-state index < -0.39 is 4.92 Å². The van der Waals surface area contributed by atoms with Gasteiger partial charge >= 0.3 is 0 Å². The fourth-order valence-electron chi connectivity index (χ4n) is 2.09. The normalized spacial score (nSPS) is 11.3. The van der Waals surface area contributed by atoms with E-state index in [1.807, 2.05) is 12.1 Å². The van der Waals surface area contributed by atoms with E-state index in [1.54, 1.807) is 18.3 Å². The van der Waals surface area contributed by atoms with Gasteiger partial charge in [0, 0.05) is 17.6 Å². The zero-order valence-corrected chi connectivity index (χ0v) is 13.1. The zero-order chi connectivity index (χ0) is 14.3. The summed E-state index contributed by atoms with van der Waals surface area (Å²) in [4.78, 5) is 19.6. The highest BCUT2D eigenvalue weighted by Crippen LogP contribution is 2.34. The van der Waals surface area contributed by atoms with Crippen LogP contribution in [0, 0.1) is 10.1 Å². The van der Waals surface area contributed by atoms with E-state index in [0.29, 0.717) is 21.8 Å². The number of pyridine rings is 2. The van der Waals surface area contributed by atoms with Crippen LogP contribution in [0.4, 0.5) is 5.69 Å². The van der Waals surface area contributed by atoms with Gasteiger partial charge in [0.15, 0.2) is 0 Å². The minimum Gasteiger partial charge on any atom is -0.258 e. The molecule has 3 rings (SSSR count). The Bertz CT molecular complexity index is 836. The second-order valence-corrected chi connectivity index (χ2v) is 7.22. The number of non-ortho nitro benzene ring substituents is 1. The Balaban J connectivity index is 2.47. The Labute approximate surface area is 130 Å². The van der Waals surface area contributed by atoms with Crippen LogP contribution in [0.5, 0.6) is 0 Å². The zero-order valence-electron chi connectivity index (χ0n) is 9.96. The van der Waals surface area contributed by atoms with Crippen molar-refractivity contribution >= 4 is 59.4 Å². The van der Waals surface area contributed by atoms with Gasteiger partial charge in [0.1, 0.15) is 9.25 Å². The predicted molar refractivity (Wildman–Crippen MR) is 84.3 cm³/mol. The first-order valence-corrected chi connectivity index (χ1v) is 7.52. The van der Waals surface area contributed by atoms with Crippen LogP contribution >= 0.6 is 31.9 Å². The largest absolute Gasteiger partial charge is 0.279 e. The van der Waals surface area contributed by atoms with Crippen molar-refractivity contribution in [2.24, 2.45) is 0 Å². The van der Waals surface area contributed by atoms with Crippen LogP contribution in [-0.4, -0.2) is 14.9 Å². The number of benzene rings is 1. The molecule has 0 aliphatic heterocycles. The lowest BCUT2D eigenvalue weighted by molar-refractivity contribution is -0.382. The van der Waals surface area contributed by atoms with E-state index >= 15 is 0 Å². The fraction of sp³-hybridized carbons (Fsp3) is 0.0769. The molecular weight excluding hydrogens is 390 g/mol. The Hall–Kier alpha value is -1.60. The Morgan fingerprint density at radius 2 is 2.00 bits per heavy atom. The molecule has 2 heterocycles. The first-order chi connectivity index (χ1) is 9.58. The van der Waals surface area contributed by atoms with Gasteiger partial charge in [-0.25, -0.2) is 4.98 Å². The Kier molecular flexibility index (Phi) is 3.39. The van der Waals surface area contributed by atoms with Crippen LogP contribution < -0.4 is 0 Å². The Morgan fingerprint density at radius 3 is 2.70 bits per heavy atom. The van der Waals surface area contributed by atoms with Crippen LogP contribution in [0.2, 0.25) is 0 Å². The van der Waals surface area contributed by atoms with E-state index in [0.717, 1.165) is 5.69 Å². The van der Waals surface area contributed by atoms with Crippen molar-refractivity contribution in [1.82, 2.24) is 9.97 Å². The number of alkyl halides is 2. The van der Waals surface area contributed by atoms with Crippen molar-refractivity contribution < 1.29 is 4.92 Å². The highest BCUT2D eigenvalue weighted by Gasteiger charge is 2.17. The number of halogens is 2. The van der Waals surface area contributed by atoms with Gasteiger partial charge in [-0.15, -0.1) is 0 Å². The van der Waals surface area contributed by atoms with Gasteiger partial charge in [0.25, 0.3) is 5.69 Å². The molecule has 100 valence electrons. The highest BCUT2D eigenvalue weighted by molar-refractivity contribution is 9.24. The summed E-state index contributed by atoms with van der Waals surface area (Å²) in [5.41, 5.74) is 2.04. The average Bonchev–Trinajstić information content (AvgIpc) is 2.45. The minimum atomic E-state index is -0.394. The Morgan fingerprint density at radius 1 is 1.20 bits per heavy atom. The molecule has 0 atom stereocenters. The molecule has 5 nitrogen and oxygen atoms in total. The molecule has 0 bridgehead atoms. The molecule has 0 saturated carbocycles. The fourth-order valence-corrected chi connectivity index (χ4v) is 2.60. The summed E-state index contributed by atoms with van der Waals surface area (Å²) in [6, 6.07) is 8.54. The molecule has 0 amide bonds. The van der Waals surface area contributed by atoms with Crippen molar-refractivity contribution in [3.8, 4) is 0 Å². The first-order valence-electron chi connectivity index (χ1n) is 5.69. The number of nitro benzene ring substituents is 1. The number of nitrogens with zero attached hydrogens (tertiary/aromatic N) is 3. The SMILES string of the molecule is O=[N+]([O-])c1cc2ccc(C(Br)Br)nc2c2ncccc12. The number of hydrogen-bond donors (Lipinski definition) is 0. The minimum absolute atomic E-state index is 0.0457. The highest BCUT2D eigenvalue weighted by atomic mass is 79.9. The summed E-state index contributed by atoms with van der Waals surface area (Å²) < 4.78 is -0.0756. The number of hydrogen-bond acceptors (Lipinski definition) is 4. The third-order valence-corrected chi connectivity index (χ3v) is 3.91. The van der Waals surface area contributed by atoms with Crippen LogP contribution in [0.3, 0.4) is 0 Å². The standard InChI is InChI=1S/C13H7Br2N3O2/c14-13(15)9-4-3-7-6-10(18(19)20)8-2-1-5-16-12(8)11(7)17-9/h1-6,13H. The van der Waals surface area contributed by atoms with Crippen molar-refractivity contribution in [1.29, 1.82) is 0 Å². The molecule has 0 aliphatic rings. The molecule has 2 aromatic heterocycles. The summed E-state index contributed by atoms with van der Waals surface area (Å²) in [6.07, 6.45) is 1.61. The molecule has 0 spiro atoms. The molecule has 20 heavy (non-hydrogen) atoms. The number of nitro groups is 1. The third-order valence-electron chi connectivity index (χ3n) is 2.97. The second-order valence-electron chi connectivity index (χ2n) is 4.16. The smallest absolute Gasteiger partial charge is 0.258 e. The topological polar surface area (TPSA) is 68.9 Å². The van der Waals surface area contributed by atoms with Crippen LogP contribution in [0.15, 0.2) is 36.5 Å². The van der Waals surface area contributed by atoms with Gasteiger partial charge in [-0.3, -0.25) is 15.1 Å². The van der Waals surface area contributed by atoms with Crippen LogP contribution in [0.1, 0.15) is 9.43 Å². The molecule has 3 aromatic rings. The van der Waals surface area contributed by atoms with Gasteiger partial charge in [0.2, 0.25) is 0 Å². The molecule has 0 fully saturated rings. The number of rotatable bonds is 2. The number of aromatic nitrogens is 2. The van der Waals surface area contributed by atoms with E-state index in [2.05, 4.69) is 41.8 Å². The second kappa shape index (κ2) is 5.06. The maximum absolute atomic E-state index is 11.2. The molecule has 0 saturated heterocycles. The predicted octanol–water partition coefficient (Wildman–Crippen LogP) is 4.48. The van der Waals surface area contributed by atoms with Crippen LogP contribution in [-0.2, 0) is 0 Å². The van der Waals surface area contributed by atoms with Gasteiger partial charge in [-0.05, 0) is 18.2 Å². The summed E-state index contributed by atoms with van der Waals surface area (Å²) in [5.74, 6) is 0.